The Labute approximate surface area is 347 Å². The van der Waals surface area contributed by atoms with Crippen molar-refractivity contribution in [2.75, 3.05) is 63.4 Å². The third kappa shape index (κ3) is 15.7. The van der Waals surface area contributed by atoms with Gasteiger partial charge in [-0.3, -0.25) is 29.1 Å². The van der Waals surface area contributed by atoms with Crippen LogP contribution in [-0.2, 0) is 50.5 Å². The molecular formula is C34H45F6N9O13. The summed E-state index contributed by atoms with van der Waals surface area (Å²) in [4.78, 5) is 61.7. The lowest BCUT2D eigenvalue weighted by Gasteiger charge is -2.38. The predicted molar refractivity (Wildman–Crippen MR) is 193 cm³/mol. The van der Waals surface area contributed by atoms with Gasteiger partial charge in [0.05, 0.1) is 82.6 Å². The average molecular weight is 902 g/mol. The Kier molecular flexibility index (Phi) is 18.2. The highest BCUT2D eigenvalue weighted by molar-refractivity contribution is 5.93. The molecule has 0 bridgehead atoms. The number of ether oxygens (including phenoxy) is 4. The lowest BCUT2D eigenvalue weighted by molar-refractivity contribution is -0.143. The van der Waals surface area contributed by atoms with Crippen LogP contribution in [0.4, 0.5) is 38.0 Å². The zero-order chi connectivity index (χ0) is 45.6. The molecule has 0 radical (unpaired) electrons. The number of aromatic nitrogens is 4. The van der Waals surface area contributed by atoms with Gasteiger partial charge in [0, 0.05) is 25.9 Å². The zero-order valence-electron chi connectivity index (χ0n) is 32.3. The Morgan fingerprint density at radius 2 is 1.10 bits per heavy atom. The van der Waals surface area contributed by atoms with Crippen molar-refractivity contribution in [3.63, 3.8) is 0 Å². The number of alkyl halides is 6. The highest BCUT2D eigenvalue weighted by atomic mass is 19.4. The van der Waals surface area contributed by atoms with E-state index < -0.39 is 109 Å². The number of aliphatic hydroxyl groups excluding tert-OH is 4. The molecule has 8 atom stereocenters. The molecule has 2 aromatic rings. The number of carboxylic acid groups (broad SMARTS) is 1. The minimum atomic E-state index is -4.76. The van der Waals surface area contributed by atoms with Crippen LogP contribution in [0.2, 0.25) is 0 Å². The highest BCUT2D eigenvalue weighted by Crippen LogP contribution is 2.29. The first-order valence-electron chi connectivity index (χ1n) is 18.7. The number of anilines is 2. The molecule has 62 heavy (non-hydrogen) atoms. The third-order valence-corrected chi connectivity index (χ3v) is 9.05. The standard InChI is InChI=1S/C34H45F6N9O13/c35-33(36,37)21-8-41-10-23(48-21)46-17-14-61-19(31(57)29(17)55)6-43-25(50)1-3-59-12-16(45-27(52)5-28(53)54)13-60-4-2-26(51)44-7-20-32(58)30(56)18(15-62-20)47-24-11-42-9-22(49-24)34(38,39)40/h8-11,16-20,29-32,55-58H,1-7,12-15H2,(H,43,50)(H,44,51)(H,45,52)(H,46,48)(H,47,49)(H,53,54)/t17-,18-,19+,20+,29+,30+,31-,32-/m0/s1. The number of rotatable bonds is 21. The summed E-state index contributed by atoms with van der Waals surface area (Å²) in [5, 5.41) is 63.4. The van der Waals surface area contributed by atoms with Gasteiger partial charge in [0.25, 0.3) is 0 Å². The molecule has 0 unspecified atom stereocenters. The minimum Gasteiger partial charge on any atom is -0.481 e. The van der Waals surface area contributed by atoms with Gasteiger partial charge in [0.2, 0.25) is 17.7 Å². The molecular weight excluding hydrogens is 856 g/mol. The van der Waals surface area contributed by atoms with Gasteiger partial charge in [0.15, 0.2) is 11.4 Å². The van der Waals surface area contributed by atoms with Crippen LogP contribution in [0.5, 0.6) is 0 Å². The van der Waals surface area contributed by atoms with E-state index in [0.717, 1.165) is 12.4 Å². The molecule has 0 saturated carbocycles. The van der Waals surface area contributed by atoms with Crippen molar-refractivity contribution in [2.45, 2.75) is 86.4 Å². The number of hydrogen-bond acceptors (Lipinski definition) is 18. The summed E-state index contributed by atoms with van der Waals surface area (Å²) in [5.74, 6) is -4.08. The maximum atomic E-state index is 13.0. The smallest absolute Gasteiger partial charge is 0.434 e. The van der Waals surface area contributed by atoms with Crippen LogP contribution in [0.15, 0.2) is 24.8 Å². The quantitative estimate of drug-likeness (QED) is 0.0362. The van der Waals surface area contributed by atoms with E-state index in [1.165, 1.54) is 0 Å². The molecule has 28 heteroatoms. The fraction of sp³-hybridized carbons (Fsp3) is 0.647. The lowest BCUT2D eigenvalue weighted by atomic mass is 9.98. The molecule has 4 heterocycles. The number of carbonyl (C=O) groups is 4. The average Bonchev–Trinajstić information content (AvgIpc) is 3.20. The number of hydrogen-bond donors (Lipinski definition) is 10. The van der Waals surface area contributed by atoms with Crippen LogP contribution < -0.4 is 26.6 Å². The second-order valence-corrected chi connectivity index (χ2v) is 13.9. The third-order valence-electron chi connectivity index (χ3n) is 9.05. The first-order chi connectivity index (χ1) is 29.2. The molecule has 2 aliphatic rings. The molecule has 0 aliphatic carbocycles. The fourth-order valence-electron chi connectivity index (χ4n) is 5.84. The van der Waals surface area contributed by atoms with Crippen molar-refractivity contribution in [1.29, 1.82) is 0 Å². The molecule has 2 fully saturated rings. The van der Waals surface area contributed by atoms with Crippen LogP contribution in [-0.4, -0.2) is 177 Å². The Balaban J connectivity index is 1.13. The molecule has 2 saturated heterocycles. The van der Waals surface area contributed by atoms with E-state index in [1.54, 1.807) is 0 Å². The van der Waals surface area contributed by atoms with Gasteiger partial charge in [-0.1, -0.05) is 0 Å². The Hall–Kier alpha value is -5.10. The monoisotopic (exact) mass is 901 g/mol. The van der Waals surface area contributed by atoms with E-state index >= 15 is 0 Å². The number of carbonyl (C=O) groups excluding carboxylic acids is 3. The Bertz CT molecular complexity index is 1690. The van der Waals surface area contributed by atoms with Gasteiger partial charge in [-0.05, 0) is 0 Å². The molecule has 22 nitrogen and oxygen atoms in total. The maximum Gasteiger partial charge on any atom is 0.434 e. The molecule has 2 aliphatic heterocycles. The van der Waals surface area contributed by atoms with E-state index in [0.29, 0.717) is 12.4 Å². The maximum absolute atomic E-state index is 13.0. The van der Waals surface area contributed by atoms with Crippen molar-refractivity contribution >= 4 is 35.3 Å². The van der Waals surface area contributed by atoms with Crippen LogP contribution in [0, 0.1) is 0 Å². The van der Waals surface area contributed by atoms with Gasteiger partial charge in [-0.25, -0.2) is 9.97 Å². The van der Waals surface area contributed by atoms with E-state index in [9.17, 15) is 65.9 Å². The number of amides is 3. The molecule has 0 spiro atoms. The Morgan fingerprint density at radius 1 is 0.677 bits per heavy atom. The normalized spacial score (nSPS) is 24.2. The summed E-state index contributed by atoms with van der Waals surface area (Å²) in [6, 6.07) is -3.06. The van der Waals surface area contributed by atoms with E-state index in [4.69, 9.17) is 24.1 Å². The van der Waals surface area contributed by atoms with Crippen molar-refractivity contribution < 1.29 is 90.0 Å². The predicted octanol–water partition coefficient (Wildman–Crippen LogP) is -2.19. The number of nitrogens with zero attached hydrogens (tertiary/aromatic N) is 4. The van der Waals surface area contributed by atoms with Gasteiger partial charge in [-0.2, -0.15) is 26.3 Å². The second-order valence-electron chi connectivity index (χ2n) is 13.9. The molecule has 0 aromatic carbocycles. The van der Waals surface area contributed by atoms with Crippen molar-refractivity contribution in [3.8, 4) is 0 Å². The highest BCUT2D eigenvalue weighted by Gasteiger charge is 2.41. The zero-order valence-corrected chi connectivity index (χ0v) is 32.3. The van der Waals surface area contributed by atoms with E-state index in [2.05, 4.69) is 46.5 Å². The number of aliphatic carboxylic acids is 1. The number of carboxylic acids is 1. The number of aliphatic hydroxyl groups is 4. The second kappa shape index (κ2) is 22.8. The summed E-state index contributed by atoms with van der Waals surface area (Å²) >= 11 is 0. The van der Waals surface area contributed by atoms with Gasteiger partial charge >= 0.3 is 18.3 Å². The Morgan fingerprint density at radius 3 is 1.48 bits per heavy atom. The summed E-state index contributed by atoms with van der Waals surface area (Å²) in [7, 11) is 0. The van der Waals surface area contributed by atoms with Crippen LogP contribution >= 0.6 is 0 Å². The summed E-state index contributed by atoms with van der Waals surface area (Å²) in [6.07, 6.45) is -16.2. The van der Waals surface area contributed by atoms with Crippen molar-refractivity contribution in [2.24, 2.45) is 0 Å². The number of nitrogens with one attached hydrogen (secondary N) is 5. The SMILES string of the molecule is O=C(O)CC(=O)NC(COCCC(=O)NC[C@H]1OC[C@H](Nc2cncc(C(F)(F)F)n2)[C@@H](O)[C@H]1O)COCCC(=O)NC[C@H]1OC[C@H](Nc2cncc(C(F)(F)F)n2)[C@@H](O)[C@H]1O. The first kappa shape index (κ1) is 49.6. The first-order valence-corrected chi connectivity index (χ1v) is 18.7. The van der Waals surface area contributed by atoms with Crippen LogP contribution in [0.3, 0.4) is 0 Å². The molecule has 3 amide bonds. The molecule has 4 rings (SSSR count). The van der Waals surface area contributed by atoms with Crippen molar-refractivity contribution in [1.82, 2.24) is 35.9 Å². The summed E-state index contributed by atoms with van der Waals surface area (Å²) in [6.45, 7) is -2.02. The number of halogens is 6. The van der Waals surface area contributed by atoms with Crippen molar-refractivity contribution in [3.05, 3.63) is 36.2 Å². The van der Waals surface area contributed by atoms with E-state index in [1.807, 2.05) is 0 Å². The van der Waals surface area contributed by atoms with E-state index in [-0.39, 0.29) is 77.2 Å². The van der Waals surface area contributed by atoms with Gasteiger partial charge < -0.3 is 71.1 Å². The molecule has 2 aromatic heterocycles. The minimum absolute atomic E-state index is 0.208. The van der Waals surface area contributed by atoms with Gasteiger partial charge in [-0.15, -0.1) is 0 Å². The fourth-order valence-corrected chi connectivity index (χ4v) is 5.84. The lowest BCUT2D eigenvalue weighted by Crippen LogP contribution is -2.58. The topological polar surface area (TPSA) is 318 Å². The van der Waals surface area contributed by atoms with Gasteiger partial charge in [0.1, 0.15) is 54.7 Å². The largest absolute Gasteiger partial charge is 0.481 e. The summed E-state index contributed by atoms with van der Waals surface area (Å²) < 4.78 is 99.6. The molecule has 10 N–H and O–H groups in total. The molecule has 346 valence electrons. The summed E-state index contributed by atoms with van der Waals surface area (Å²) in [5.41, 5.74) is -2.54. The van der Waals surface area contributed by atoms with Crippen LogP contribution in [0.25, 0.3) is 0 Å². The van der Waals surface area contributed by atoms with Crippen LogP contribution in [0.1, 0.15) is 30.7 Å².